The predicted molar refractivity (Wildman–Crippen MR) is 125 cm³/mol. The highest BCUT2D eigenvalue weighted by Crippen LogP contribution is 2.44. The lowest BCUT2D eigenvalue weighted by molar-refractivity contribution is -0.116. The minimum atomic E-state index is -0.263. The number of nitrogens with zero attached hydrogens (tertiary/aromatic N) is 4. The zero-order valence-electron chi connectivity index (χ0n) is 17.5. The van der Waals surface area contributed by atoms with Gasteiger partial charge >= 0.3 is 0 Å². The molecule has 2 aliphatic heterocycles. The molecule has 4 aromatic rings. The lowest BCUT2D eigenvalue weighted by Crippen LogP contribution is -2.51. The maximum absolute atomic E-state index is 13.4. The van der Waals surface area contributed by atoms with Gasteiger partial charge in [0.25, 0.3) is 5.91 Å². The third kappa shape index (κ3) is 2.76. The van der Waals surface area contributed by atoms with Gasteiger partial charge in [-0.15, -0.1) is 11.3 Å². The Hall–Kier alpha value is -3.65. The van der Waals surface area contributed by atoms with Gasteiger partial charge in [0.05, 0.1) is 16.9 Å². The fourth-order valence-electron chi connectivity index (χ4n) is 5.07. The third-order valence-corrected chi connectivity index (χ3v) is 7.07. The molecule has 1 unspecified atom stereocenters. The molecule has 1 N–H and O–H groups in total. The Bertz CT molecular complexity index is 1360. The number of amides is 2. The van der Waals surface area contributed by atoms with Gasteiger partial charge in [0.2, 0.25) is 5.91 Å². The van der Waals surface area contributed by atoms with Crippen LogP contribution in [0.25, 0.3) is 10.9 Å². The van der Waals surface area contributed by atoms with E-state index in [4.69, 9.17) is 0 Å². The Labute approximate surface area is 188 Å². The number of thiazole rings is 1. The maximum Gasteiger partial charge on any atom is 0.257 e. The second-order valence-corrected chi connectivity index (χ2v) is 9.00. The van der Waals surface area contributed by atoms with Crippen molar-refractivity contribution in [2.75, 3.05) is 23.8 Å². The van der Waals surface area contributed by atoms with Crippen LogP contribution >= 0.6 is 11.3 Å². The highest BCUT2D eigenvalue weighted by molar-refractivity contribution is 7.13. The van der Waals surface area contributed by atoms with Crippen molar-refractivity contribution >= 4 is 44.9 Å². The first-order chi connectivity index (χ1) is 15.6. The number of carbonyl (C=O) groups excluding carboxylic acids is 2. The van der Waals surface area contributed by atoms with Crippen molar-refractivity contribution in [1.82, 2.24) is 14.5 Å². The summed E-state index contributed by atoms with van der Waals surface area (Å²) < 4.78 is 2.07. The van der Waals surface area contributed by atoms with Crippen molar-refractivity contribution in [3.63, 3.8) is 0 Å². The molecule has 32 heavy (non-hydrogen) atoms. The highest BCUT2D eigenvalue weighted by atomic mass is 32.1. The molecule has 6 rings (SSSR count). The number of benzene rings is 2. The first-order valence-corrected chi connectivity index (χ1v) is 11.4. The van der Waals surface area contributed by atoms with Crippen molar-refractivity contribution in [1.29, 1.82) is 0 Å². The van der Waals surface area contributed by atoms with E-state index in [9.17, 15) is 9.59 Å². The van der Waals surface area contributed by atoms with E-state index in [2.05, 4.69) is 25.8 Å². The van der Waals surface area contributed by atoms with Gasteiger partial charge in [0.1, 0.15) is 12.7 Å². The number of hydrogen-bond donors (Lipinski definition) is 1. The number of carbonyl (C=O) groups is 2. The number of rotatable bonds is 3. The van der Waals surface area contributed by atoms with E-state index >= 15 is 0 Å². The van der Waals surface area contributed by atoms with Crippen molar-refractivity contribution in [2.24, 2.45) is 0 Å². The normalized spacial score (nSPS) is 17.2. The van der Waals surface area contributed by atoms with Gasteiger partial charge in [0, 0.05) is 36.1 Å². The summed E-state index contributed by atoms with van der Waals surface area (Å²) in [5.41, 5.74) is 4.86. The summed E-state index contributed by atoms with van der Waals surface area (Å²) in [7, 11) is 2.02. The molecule has 2 aromatic carbocycles. The maximum atomic E-state index is 13.4. The number of hydrogen-bond acceptors (Lipinski definition) is 5. The minimum absolute atomic E-state index is 0.0402. The Morgan fingerprint density at radius 1 is 1.19 bits per heavy atom. The standard InChI is InChI=1S/C24H21N5O2S/c1-27-18-8-4-3-7-17(18)23(31)28-12-10-16-15-6-2-5-9-19(15)29(21(16)22(27)28)14-20(30)26-24-25-11-13-32-24/h2-9,11,13,22H,10,12,14H2,1H3,(H,25,26,30). The Morgan fingerprint density at radius 3 is 2.84 bits per heavy atom. The van der Waals surface area contributed by atoms with Crippen LogP contribution in [0, 0.1) is 0 Å². The van der Waals surface area contributed by atoms with E-state index in [1.54, 1.807) is 6.20 Å². The molecule has 160 valence electrons. The van der Waals surface area contributed by atoms with E-state index in [0.29, 0.717) is 11.7 Å². The number of anilines is 2. The van der Waals surface area contributed by atoms with Crippen LogP contribution in [-0.4, -0.2) is 39.9 Å². The van der Waals surface area contributed by atoms with Gasteiger partial charge in [-0.25, -0.2) is 4.98 Å². The average molecular weight is 444 g/mol. The third-order valence-electron chi connectivity index (χ3n) is 6.39. The molecule has 4 heterocycles. The fourth-order valence-corrected chi connectivity index (χ4v) is 5.61. The van der Waals surface area contributed by atoms with Crippen LogP contribution in [0.15, 0.2) is 60.1 Å². The zero-order chi connectivity index (χ0) is 21.8. The first kappa shape index (κ1) is 19.1. The lowest BCUT2D eigenvalue weighted by atomic mass is 9.96. The van der Waals surface area contributed by atoms with E-state index in [1.807, 2.05) is 59.8 Å². The molecular formula is C24H21N5O2S. The minimum Gasteiger partial charge on any atom is -0.349 e. The smallest absolute Gasteiger partial charge is 0.257 e. The van der Waals surface area contributed by atoms with Crippen LogP contribution in [0.5, 0.6) is 0 Å². The molecular weight excluding hydrogens is 422 g/mol. The van der Waals surface area contributed by atoms with Crippen LogP contribution in [0.4, 0.5) is 10.8 Å². The summed E-state index contributed by atoms with van der Waals surface area (Å²) in [6.07, 6.45) is 2.17. The van der Waals surface area contributed by atoms with Crippen molar-refractivity contribution in [3.8, 4) is 0 Å². The largest absolute Gasteiger partial charge is 0.349 e. The molecule has 8 heteroatoms. The summed E-state index contributed by atoms with van der Waals surface area (Å²) >= 11 is 1.39. The summed E-state index contributed by atoms with van der Waals surface area (Å²) in [6, 6.07) is 15.9. The van der Waals surface area contributed by atoms with Crippen LogP contribution in [-0.2, 0) is 17.8 Å². The molecule has 7 nitrogen and oxygen atoms in total. The van der Waals surface area contributed by atoms with E-state index < -0.39 is 0 Å². The second-order valence-electron chi connectivity index (χ2n) is 8.10. The zero-order valence-corrected chi connectivity index (χ0v) is 18.3. The lowest BCUT2D eigenvalue weighted by Gasteiger charge is -2.46. The summed E-state index contributed by atoms with van der Waals surface area (Å²) in [5, 5.41) is 6.45. The molecule has 0 radical (unpaired) electrons. The summed E-state index contributed by atoms with van der Waals surface area (Å²) in [5.74, 6) is -0.0933. The molecule has 2 aromatic heterocycles. The van der Waals surface area contributed by atoms with Crippen molar-refractivity contribution in [3.05, 3.63) is 76.9 Å². The topological polar surface area (TPSA) is 70.5 Å². The van der Waals surface area contributed by atoms with Crippen LogP contribution in [0.2, 0.25) is 0 Å². The van der Waals surface area contributed by atoms with Crippen LogP contribution in [0.3, 0.4) is 0 Å². The van der Waals surface area contributed by atoms with Gasteiger partial charge in [-0.1, -0.05) is 30.3 Å². The number of para-hydroxylation sites is 2. The number of aromatic nitrogens is 2. The van der Waals surface area contributed by atoms with E-state index in [0.717, 1.165) is 34.3 Å². The molecule has 0 spiro atoms. The van der Waals surface area contributed by atoms with Gasteiger partial charge in [-0.3, -0.25) is 9.59 Å². The molecule has 0 bridgehead atoms. The van der Waals surface area contributed by atoms with E-state index in [-0.39, 0.29) is 24.5 Å². The highest BCUT2D eigenvalue weighted by Gasteiger charge is 2.42. The Kier molecular flexibility index (Phi) is 4.29. The summed E-state index contributed by atoms with van der Waals surface area (Å²) in [4.78, 5) is 34.6. The summed E-state index contributed by atoms with van der Waals surface area (Å²) in [6.45, 7) is 0.804. The molecule has 0 saturated carbocycles. The quantitative estimate of drug-likeness (QED) is 0.522. The molecule has 2 amide bonds. The molecule has 0 aliphatic carbocycles. The van der Waals surface area contributed by atoms with Crippen LogP contribution in [0.1, 0.15) is 27.8 Å². The van der Waals surface area contributed by atoms with Crippen LogP contribution < -0.4 is 10.2 Å². The second kappa shape index (κ2) is 7.20. The van der Waals surface area contributed by atoms with Gasteiger partial charge in [0.15, 0.2) is 5.13 Å². The molecule has 0 saturated heterocycles. The van der Waals surface area contributed by atoms with Gasteiger partial charge < -0.3 is 19.7 Å². The van der Waals surface area contributed by atoms with Crippen molar-refractivity contribution in [2.45, 2.75) is 19.1 Å². The monoisotopic (exact) mass is 443 g/mol. The SMILES string of the molecule is CN1c2ccccc2C(=O)N2CCc3c(n(CC(=O)Nc4nccs4)c4ccccc34)C21. The Balaban J connectivity index is 1.50. The van der Waals surface area contributed by atoms with Gasteiger partial charge in [-0.05, 0) is 30.2 Å². The average Bonchev–Trinajstić information content (AvgIpc) is 3.43. The Morgan fingerprint density at radius 2 is 2.00 bits per heavy atom. The molecule has 0 fully saturated rings. The molecule has 2 aliphatic rings. The predicted octanol–water partition coefficient (Wildman–Crippen LogP) is 3.88. The van der Waals surface area contributed by atoms with Crippen molar-refractivity contribution < 1.29 is 9.59 Å². The van der Waals surface area contributed by atoms with Gasteiger partial charge in [-0.2, -0.15) is 0 Å². The first-order valence-electron chi connectivity index (χ1n) is 10.6. The number of fused-ring (bicyclic) bond motifs is 6. The van der Waals surface area contributed by atoms with E-state index in [1.165, 1.54) is 16.9 Å². The molecule has 1 atom stereocenters. The number of nitrogens with one attached hydrogen (secondary N) is 1. The fraction of sp³-hybridized carbons (Fsp3) is 0.208.